The number of para-hydroxylation sites is 2. The number of carbonyl (C=O) groups is 1. The molecule has 0 saturated carbocycles. The number of hydrogen-bond acceptors (Lipinski definition) is 6. The summed E-state index contributed by atoms with van der Waals surface area (Å²) >= 11 is 1.35. The molecule has 0 spiro atoms. The van der Waals surface area contributed by atoms with E-state index in [2.05, 4.69) is 46.4 Å². The van der Waals surface area contributed by atoms with Crippen LogP contribution in [0.1, 0.15) is 25.0 Å². The van der Waals surface area contributed by atoms with Crippen LogP contribution in [0.25, 0.3) is 5.69 Å². The van der Waals surface area contributed by atoms with Crippen LogP contribution >= 0.6 is 11.8 Å². The summed E-state index contributed by atoms with van der Waals surface area (Å²) < 4.78 is 1.68. The van der Waals surface area contributed by atoms with Crippen molar-refractivity contribution >= 4 is 23.2 Å². The number of thioether (sulfide) groups is 1. The summed E-state index contributed by atoms with van der Waals surface area (Å²) in [5, 5.41) is 12.6. The van der Waals surface area contributed by atoms with Crippen LogP contribution in [0.4, 0.5) is 5.69 Å². The molecule has 6 nitrogen and oxygen atoms in total. The number of ketones is 1. The zero-order valence-electron chi connectivity index (χ0n) is 17.0. The molecule has 4 rings (SSSR count). The number of nitrogens with zero attached hydrogens (tertiary/aromatic N) is 5. The highest BCUT2D eigenvalue weighted by atomic mass is 32.2. The van der Waals surface area contributed by atoms with E-state index < -0.39 is 0 Å². The largest absolute Gasteiger partial charge is 0.347 e. The number of fused-ring (bicyclic) bond motifs is 1. The van der Waals surface area contributed by atoms with Crippen molar-refractivity contribution in [2.24, 2.45) is 0 Å². The lowest BCUT2D eigenvalue weighted by molar-refractivity contribution is -0.112. The van der Waals surface area contributed by atoms with E-state index >= 15 is 0 Å². The third-order valence-corrected chi connectivity index (χ3v) is 6.31. The molecule has 0 saturated heterocycles. The number of rotatable bonds is 5. The Bertz CT molecular complexity index is 1100. The van der Waals surface area contributed by atoms with Crippen LogP contribution < -0.4 is 4.90 Å². The first-order chi connectivity index (χ1) is 13.9. The van der Waals surface area contributed by atoms with Crippen molar-refractivity contribution in [3.05, 3.63) is 71.4 Å². The van der Waals surface area contributed by atoms with Gasteiger partial charge in [-0.1, -0.05) is 62.0 Å². The first-order valence-electron chi connectivity index (χ1n) is 9.45. The number of aromatic nitrogens is 4. The Balaban J connectivity index is 1.53. The molecule has 1 aliphatic heterocycles. The molecule has 0 N–H and O–H groups in total. The minimum Gasteiger partial charge on any atom is -0.347 e. The molecule has 0 fully saturated rings. The number of carbonyl (C=O) groups excluding carboxylic acids is 1. The number of anilines is 1. The standard InChI is InChI=1S/C22H23N5OS/c1-15-9-5-7-11-18(15)27-21(23-24-25-27)29-14-16(28)13-20-22(2,3)17-10-6-8-12-19(17)26(20)4/h5-13H,14H2,1-4H3. The van der Waals surface area contributed by atoms with Gasteiger partial charge in [0.05, 0.1) is 11.4 Å². The predicted octanol–water partition coefficient (Wildman–Crippen LogP) is 3.94. The van der Waals surface area contributed by atoms with Crippen LogP contribution in [0.3, 0.4) is 0 Å². The molecule has 3 aromatic rings. The molecular weight excluding hydrogens is 382 g/mol. The summed E-state index contributed by atoms with van der Waals surface area (Å²) in [5.41, 5.74) is 5.15. The third kappa shape index (κ3) is 3.46. The smallest absolute Gasteiger partial charge is 0.214 e. The summed E-state index contributed by atoms with van der Waals surface area (Å²) in [6.07, 6.45) is 1.76. The zero-order chi connectivity index (χ0) is 20.6. The van der Waals surface area contributed by atoms with Gasteiger partial charge in [-0.2, -0.15) is 4.68 Å². The van der Waals surface area contributed by atoms with Gasteiger partial charge < -0.3 is 4.90 Å². The highest BCUT2D eigenvalue weighted by Crippen LogP contribution is 2.46. The Hall–Kier alpha value is -2.93. The van der Waals surface area contributed by atoms with Gasteiger partial charge in [0.15, 0.2) is 5.78 Å². The SMILES string of the molecule is Cc1ccccc1-n1nnnc1SCC(=O)C=C1N(C)c2ccccc2C1(C)C. The molecule has 0 radical (unpaired) electrons. The van der Waals surface area contributed by atoms with Crippen LogP contribution in [-0.4, -0.2) is 38.8 Å². The number of aryl methyl sites for hydroxylation is 1. The van der Waals surface area contributed by atoms with E-state index in [-0.39, 0.29) is 17.0 Å². The number of benzene rings is 2. The lowest BCUT2D eigenvalue weighted by Crippen LogP contribution is -2.24. The van der Waals surface area contributed by atoms with Crippen LogP contribution in [0.15, 0.2) is 65.5 Å². The highest BCUT2D eigenvalue weighted by Gasteiger charge is 2.38. The molecule has 7 heteroatoms. The van der Waals surface area contributed by atoms with E-state index in [1.807, 2.05) is 50.4 Å². The molecule has 2 aromatic carbocycles. The van der Waals surface area contributed by atoms with Crippen molar-refractivity contribution < 1.29 is 4.79 Å². The normalized spacial score (nSPS) is 16.3. The summed E-state index contributed by atoms with van der Waals surface area (Å²) in [6.45, 7) is 6.32. The molecule has 0 atom stereocenters. The number of likely N-dealkylation sites (N-methyl/N-ethyl adjacent to an activating group) is 1. The van der Waals surface area contributed by atoms with Crippen LogP contribution in [-0.2, 0) is 10.2 Å². The van der Waals surface area contributed by atoms with Gasteiger partial charge in [0.25, 0.3) is 0 Å². The van der Waals surface area contributed by atoms with Gasteiger partial charge in [-0.25, -0.2) is 0 Å². The molecule has 29 heavy (non-hydrogen) atoms. The topological polar surface area (TPSA) is 63.9 Å². The van der Waals surface area contributed by atoms with Crippen molar-refractivity contribution in [3.63, 3.8) is 0 Å². The maximum absolute atomic E-state index is 12.8. The summed E-state index contributed by atoms with van der Waals surface area (Å²) in [6, 6.07) is 16.2. The van der Waals surface area contributed by atoms with Gasteiger partial charge in [-0.15, -0.1) is 5.10 Å². The van der Waals surface area contributed by atoms with E-state index in [0.717, 1.165) is 22.6 Å². The van der Waals surface area contributed by atoms with Gasteiger partial charge >= 0.3 is 0 Å². The molecule has 1 aromatic heterocycles. The predicted molar refractivity (Wildman–Crippen MR) is 116 cm³/mol. The lowest BCUT2D eigenvalue weighted by Gasteiger charge is -2.23. The van der Waals surface area contributed by atoms with E-state index in [0.29, 0.717) is 5.16 Å². The van der Waals surface area contributed by atoms with E-state index in [1.165, 1.54) is 17.3 Å². The maximum atomic E-state index is 12.8. The highest BCUT2D eigenvalue weighted by molar-refractivity contribution is 7.99. The second-order valence-corrected chi connectivity index (χ2v) is 8.59. The Morgan fingerprint density at radius 2 is 1.79 bits per heavy atom. The first-order valence-corrected chi connectivity index (χ1v) is 10.4. The molecular formula is C22H23N5OS. The summed E-state index contributed by atoms with van der Waals surface area (Å²) in [7, 11) is 2.01. The van der Waals surface area contributed by atoms with Gasteiger partial charge in [0.2, 0.25) is 5.16 Å². The maximum Gasteiger partial charge on any atom is 0.214 e. The second-order valence-electron chi connectivity index (χ2n) is 7.65. The second kappa shape index (κ2) is 7.48. The van der Waals surface area contributed by atoms with Crippen LogP contribution in [0, 0.1) is 6.92 Å². The van der Waals surface area contributed by atoms with Gasteiger partial charge in [-0.3, -0.25) is 4.79 Å². The van der Waals surface area contributed by atoms with Crippen molar-refractivity contribution in [1.29, 1.82) is 0 Å². The van der Waals surface area contributed by atoms with Gasteiger partial charge in [-0.05, 0) is 40.6 Å². The Morgan fingerprint density at radius 1 is 1.10 bits per heavy atom. The average molecular weight is 406 g/mol. The van der Waals surface area contributed by atoms with E-state index in [1.54, 1.807) is 10.8 Å². The number of allylic oxidation sites excluding steroid dienone is 2. The molecule has 1 aliphatic rings. The molecule has 0 aliphatic carbocycles. The van der Waals surface area contributed by atoms with Crippen molar-refractivity contribution in [1.82, 2.24) is 20.2 Å². The van der Waals surface area contributed by atoms with Crippen LogP contribution in [0.5, 0.6) is 0 Å². The van der Waals surface area contributed by atoms with E-state index in [9.17, 15) is 4.79 Å². The van der Waals surface area contributed by atoms with Gasteiger partial charge in [0.1, 0.15) is 0 Å². The van der Waals surface area contributed by atoms with Crippen LogP contribution in [0.2, 0.25) is 0 Å². The van der Waals surface area contributed by atoms with E-state index in [4.69, 9.17) is 0 Å². The fraction of sp³-hybridized carbons (Fsp3) is 0.273. The monoisotopic (exact) mass is 405 g/mol. The third-order valence-electron chi connectivity index (χ3n) is 5.37. The molecule has 0 bridgehead atoms. The molecule has 0 unspecified atom stereocenters. The average Bonchev–Trinajstić information content (AvgIpc) is 3.24. The molecule has 148 valence electrons. The van der Waals surface area contributed by atoms with Crippen molar-refractivity contribution in [2.75, 3.05) is 17.7 Å². The fourth-order valence-corrected chi connectivity index (χ4v) is 4.52. The number of hydrogen-bond donors (Lipinski definition) is 0. The quantitative estimate of drug-likeness (QED) is 0.473. The Morgan fingerprint density at radius 3 is 2.52 bits per heavy atom. The summed E-state index contributed by atoms with van der Waals surface area (Å²) in [5.74, 6) is 0.313. The first kappa shape index (κ1) is 19.4. The Labute approximate surface area is 174 Å². The Kier molecular flexibility index (Phi) is 5.00. The lowest BCUT2D eigenvalue weighted by atomic mass is 9.83. The molecule has 2 heterocycles. The minimum atomic E-state index is -0.214. The fourth-order valence-electron chi connectivity index (χ4n) is 3.81. The summed E-state index contributed by atoms with van der Waals surface area (Å²) in [4.78, 5) is 14.9. The zero-order valence-corrected chi connectivity index (χ0v) is 17.8. The number of tetrazole rings is 1. The van der Waals surface area contributed by atoms with Crippen molar-refractivity contribution in [2.45, 2.75) is 31.3 Å². The minimum absolute atomic E-state index is 0.0389. The van der Waals surface area contributed by atoms with Gasteiger partial charge in [0, 0.05) is 29.9 Å². The molecule has 0 amide bonds. The van der Waals surface area contributed by atoms with Crippen molar-refractivity contribution in [3.8, 4) is 5.69 Å².